The fraction of sp³-hybridized carbons (Fsp3) is 0.143. The van der Waals surface area contributed by atoms with Gasteiger partial charge in [0.15, 0.2) is 0 Å². The Morgan fingerprint density at radius 2 is 1.88 bits per heavy atom. The molecule has 0 aromatic heterocycles. The van der Waals surface area contributed by atoms with Crippen LogP contribution in [0.3, 0.4) is 0 Å². The van der Waals surface area contributed by atoms with E-state index in [4.69, 9.17) is 4.74 Å². The summed E-state index contributed by atoms with van der Waals surface area (Å²) in [6.45, 7) is 4.06. The van der Waals surface area contributed by atoms with Gasteiger partial charge in [-0.2, -0.15) is 0 Å². The molecule has 0 amide bonds. The number of benzene rings is 2. The summed E-state index contributed by atoms with van der Waals surface area (Å²) < 4.78 is 5.35. The highest BCUT2D eigenvalue weighted by molar-refractivity contribution is 9.09. The summed E-state index contributed by atoms with van der Waals surface area (Å²) in [5, 5.41) is 3.10. The molecule has 2 heteroatoms. The Bertz CT molecular complexity index is 531. The van der Waals surface area contributed by atoms with Crippen molar-refractivity contribution in [2.45, 2.75) is 0 Å². The van der Waals surface area contributed by atoms with Crippen molar-refractivity contribution in [2.24, 2.45) is 0 Å². The van der Waals surface area contributed by atoms with Crippen molar-refractivity contribution in [1.29, 1.82) is 0 Å². The second-order valence-electron chi connectivity index (χ2n) is 3.60. The van der Waals surface area contributed by atoms with Crippen molar-refractivity contribution in [3.63, 3.8) is 0 Å². The number of fused-ring (bicyclic) bond motifs is 1. The molecular weight excluding hydrogens is 264 g/mol. The molecule has 1 nitrogen and oxygen atoms in total. The average molecular weight is 277 g/mol. The van der Waals surface area contributed by atoms with E-state index < -0.39 is 0 Å². The van der Waals surface area contributed by atoms with E-state index in [1.54, 1.807) is 7.11 Å². The topological polar surface area (TPSA) is 9.23 Å². The van der Waals surface area contributed by atoms with Crippen molar-refractivity contribution < 1.29 is 4.74 Å². The minimum Gasteiger partial charge on any atom is -0.496 e. The third kappa shape index (κ3) is 1.85. The van der Waals surface area contributed by atoms with Crippen molar-refractivity contribution >= 4 is 32.3 Å². The highest BCUT2D eigenvalue weighted by Gasteiger charge is 2.07. The second kappa shape index (κ2) is 4.71. The summed E-state index contributed by atoms with van der Waals surface area (Å²) in [5.41, 5.74) is 2.26. The van der Waals surface area contributed by atoms with Gasteiger partial charge in [-0.05, 0) is 22.6 Å². The van der Waals surface area contributed by atoms with Gasteiger partial charge in [0.2, 0.25) is 0 Å². The Hall–Kier alpha value is -1.28. The molecule has 2 rings (SSSR count). The van der Waals surface area contributed by atoms with Crippen molar-refractivity contribution in [1.82, 2.24) is 0 Å². The predicted molar refractivity (Wildman–Crippen MR) is 73.3 cm³/mol. The molecule has 0 fully saturated rings. The number of alkyl halides is 1. The van der Waals surface area contributed by atoms with E-state index in [0.29, 0.717) is 0 Å². The molecule has 82 valence electrons. The number of halogens is 1. The molecule has 0 aliphatic carbocycles. The molecule has 0 saturated carbocycles. The zero-order valence-electron chi connectivity index (χ0n) is 9.16. The van der Waals surface area contributed by atoms with Crippen LogP contribution in [0, 0.1) is 0 Å². The Morgan fingerprint density at radius 1 is 1.19 bits per heavy atom. The fourth-order valence-corrected chi connectivity index (χ4v) is 2.13. The van der Waals surface area contributed by atoms with Crippen LogP contribution in [-0.4, -0.2) is 12.4 Å². The van der Waals surface area contributed by atoms with Crippen molar-refractivity contribution in [2.75, 3.05) is 12.4 Å². The minimum absolute atomic E-state index is 0.781. The first-order valence-electron chi connectivity index (χ1n) is 5.07. The van der Waals surface area contributed by atoms with E-state index in [-0.39, 0.29) is 0 Å². The van der Waals surface area contributed by atoms with Gasteiger partial charge in [-0.1, -0.05) is 52.8 Å². The maximum atomic E-state index is 5.35. The Labute approximate surface area is 104 Å². The number of hydrogen-bond acceptors (Lipinski definition) is 1. The van der Waals surface area contributed by atoms with Crippen LogP contribution >= 0.6 is 15.9 Å². The zero-order chi connectivity index (χ0) is 11.5. The quantitative estimate of drug-likeness (QED) is 0.762. The van der Waals surface area contributed by atoms with Crippen molar-refractivity contribution in [3.05, 3.63) is 48.5 Å². The Kier molecular flexibility index (Phi) is 3.30. The van der Waals surface area contributed by atoms with Crippen LogP contribution < -0.4 is 4.74 Å². The van der Waals surface area contributed by atoms with Crippen LogP contribution in [0.4, 0.5) is 0 Å². The van der Waals surface area contributed by atoms with Gasteiger partial charge in [0, 0.05) is 10.7 Å². The summed E-state index contributed by atoms with van der Waals surface area (Å²) in [4.78, 5) is 0. The van der Waals surface area contributed by atoms with Crippen LogP contribution in [0.15, 0.2) is 43.0 Å². The van der Waals surface area contributed by atoms with Gasteiger partial charge >= 0.3 is 0 Å². The maximum absolute atomic E-state index is 5.35. The Morgan fingerprint density at radius 3 is 2.50 bits per heavy atom. The fourth-order valence-electron chi connectivity index (χ4n) is 1.83. The summed E-state index contributed by atoms with van der Waals surface area (Å²) >= 11 is 3.44. The van der Waals surface area contributed by atoms with Crippen LogP contribution in [0.1, 0.15) is 5.56 Å². The highest BCUT2D eigenvalue weighted by atomic mass is 79.9. The molecular formula is C14H13BrO. The lowest BCUT2D eigenvalue weighted by Gasteiger charge is -2.10. The maximum Gasteiger partial charge on any atom is 0.126 e. The lowest BCUT2D eigenvalue weighted by molar-refractivity contribution is 0.420. The normalized spacial score (nSPS) is 10.4. The summed E-state index contributed by atoms with van der Waals surface area (Å²) in [6, 6.07) is 12.3. The highest BCUT2D eigenvalue weighted by Crippen LogP contribution is 2.31. The number of rotatable bonds is 3. The molecule has 0 heterocycles. The lowest BCUT2D eigenvalue weighted by atomic mass is 9.99. The minimum atomic E-state index is 0.781. The molecule has 16 heavy (non-hydrogen) atoms. The van der Waals surface area contributed by atoms with Gasteiger partial charge in [-0.3, -0.25) is 0 Å². The summed E-state index contributed by atoms with van der Waals surface area (Å²) in [6.07, 6.45) is 0. The number of methoxy groups -OCH3 is 1. The molecule has 0 spiro atoms. The molecule has 0 saturated heterocycles. The number of hydrogen-bond donors (Lipinski definition) is 0. The molecule has 0 unspecified atom stereocenters. The molecule has 0 radical (unpaired) electrons. The standard InChI is InChI=1S/C14H13BrO/c1-10(9-15)11-7-8-14(16-2)13-6-4-3-5-12(11)13/h3-8H,1,9H2,2H3. The van der Waals surface area contributed by atoms with Crippen LogP contribution in [0.25, 0.3) is 16.3 Å². The van der Waals surface area contributed by atoms with E-state index in [2.05, 4.69) is 40.7 Å². The molecule has 0 atom stereocenters. The summed E-state index contributed by atoms with van der Waals surface area (Å²) in [7, 11) is 1.70. The largest absolute Gasteiger partial charge is 0.496 e. The molecule has 0 N–H and O–H groups in total. The van der Waals surface area contributed by atoms with E-state index in [1.165, 1.54) is 10.9 Å². The number of allylic oxidation sites excluding steroid dienone is 1. The van der Waals surface area contributed by atoms with Crippen LogP contribution in [0.5, 0.6) is 5.75 Å². The lowest BCUT2D eigenvalue weighted by Crippen LogP contribution is -1.90. The van der Waals surface area contributed by atoms with Gasteiger partial charge < -0.3 is 4.74 Å². The monoisotopic (exact) mass is 276 g/mol. The molecule has 2 aromatic carbocycles. The molecule has 2 aromatic rings. The Balaban J connectivity index is 2.74. The van der Waals surface area contributed by atoms with Gasteiger partial charge in [-0.15, -0.1) is 0 Å². The smallest absolute Gasteiger partial charge is 0.126 e. The van der Waals surface area contributed by atoms with Gasteiger partial charge in [0.1, 0.15) is 5.75 Å². The molecule has 0 bridgehead atoms. The molecule has 0 aliphatic rings. The average Bonchev–Trinajstić information content (AvgIpc) is 2.36. The second-order valence-corrected chi connectivity index (χ2v) is 4.16. The third-order valence-corrected chi connectivity index (χ3v) is 3.32. The third-order valence-electron chi connectivity index (χ3n) is 2.65. The van der Waals surface area contributed by atoms with Gasteiger partial charge in [-0.25, -0.2) is 0 Å². The molecule has 0 aliphatic heterocycles. The van der Waals surface area contributed by atoms with Gasteiger partial charge in [0.25, 0.3) is 0 Å². The van der Waals surface area contributed by atoms with E-state index in [9.17, 15) is 0 Å². The number of ether oxygens (including phenoxy) is 1. The predicted octanol–water partition coefficient (Wildman–Crippen LogP) is 4.26. The first kappa shape index (κ1) is 11.2. The van der Waals surface area contributed by atoms with Gasteiger partial charge in [0.05, 0.1) is 7.11 Å². The van der Waals surface area contributed by atoms with Crippen molar-refractivity contribution in [3.8, 4) is 5.75 Å². The van der Waals surface area contributed by atoms with Crippen LogP contribution in [0.2, 0.25) is 0 Å². The zero-order valence-corrected chi connectivity index (χ0v) is 10.8. The first-order chi connectivity index (χ1) is 7.77. The van der Waals surface area contributed by atoms with E-state index >= 15 is 0 Å². The first-order valence-corrected chi connectivity index (χ1v) is 6.20. The van der Waals surface area contributed by atoms with E-state index in [1.807, 2.05) is 18.2 Å². The SMILES string of the molecule is C=C(CBr)c1ccc(OC)c2ccccc12. The van der Waals surface area contributed by atoms with E-state index in [0.717, 1.165) is 22.0 Å². The summed E-state index contributed by atoms with van der Waals surface area (Å²) in [5.74, 6) is 0.904. The van der Waals surface area contributed by atoms with Crippen LogP contribution in [-0.2, 0) is 0 Å².